The highest BCUT2D eigenvalue weighted by Crippen LogP contribution is 2.22. The van der Waals surface area contributed by atoms with E-state index in [1.807, 2.05) is 12.1 Å². The molecule has 16 heavy (non-hydrogen) atoms. The van der Waals surface area contributed by atoms with E-state index in [4.69, 9.17) is 11.6 Å². The van der Waals surface area contributed by atoms with Gasteiger partial charge in [-0.3, -0.25) is 4.90 Å². The number of β-amino-alcohol motifs (C(OH)–C–C–N with tert-alkyl or cyclic N) is 1. The molecule has 1 heterocycles. The van der Waals surface area contributed by atoms with E-state index >= 15 is 0 Å². The van der Waals surface area contributed by atoms with E-state index in [-0.39, 0.29) is 6.10 Å². The Morgan fingerprint density at radius 3 is 3.00 bits per heavy atom. The monoisotopic (exact) mass is 239 g/mol. The highest BCUT2D eigenvalue weighted by Gasteiger charge is 2.18. The lowest BCUT2D eigenvalue weighted by molar-refractivity contribution is 0.0667. The average molecular weight is 240 g/mol. The molecule has 88 valence electrons. The number of hydrogen-bond acceptors (Lipinski definition) is 2. The molecule has 1 fully saturated rings. The Hall–Kier alpha value is -0.570. The first-order chi connectivity index (χ1) is 7.66. The summed E-state index contributed by atoms with van der Waals surface area (Å²) in [4.78, 5) is 2.28. The third kappa shape index (κ3) is 2.76. The molecule has 0 radical (unpaired) electrons. The Labute approximate surface area is 102 Å². The minimum absolute atomic E-state index is 0.170. The second-order valence-electron chi connectivity index (χ2n) is 4.57. The van der Waals surface area contributed by atoms with Crippen molar-refractivity contribution >= 4 is 11.6 Å². The summed E-state index contributed by atoms with van der Waals surface area (Å²) >= 11 is 6.20. The second-order valence-corrected chi connectivity index (χ2v) is 4.97. The number of aliphatic hydroxyl groups is 1. The van der Waals surface area contributed by atoms with Crippen molar-refractivity contribution in [3.8, 4) is 0 Å². The Bertz CT molecular complexity index is 347. The number of rotatable bonds is 2. The van der Waals surface area contributed by atoms with Crippen LogP contribution in [0.25, 0.3) is 0 Å². The van der Waals surface area contributed by atoms with Gasteiger partial charge >= 0.3 is 0 Å². The molecule has 1 aliphatic rings. The highest BCUT2D eigenvalue weighted by atomic mass is 35.5. The molecule has 0 aliphatic carbocycles. The standard InChI is InChI=1S/C13H18ClNO/c1-10-4-2-6-13(14)12(10)9-15-7-3-5-11(16)8-15/h2,4,6,11,16H,3,5,7-9H2,1H3. The highest BCUT2D eigenvalue weighted by molar-refractivity contribution is 6.31. The van der Waals surface area contributed by atoms with Crippen LogP contribution in [0.3, 0.4) is 0 Å². The van der Waals surface area contributed by atoms with Gasteiger partial charge in [0.2, 0.25) is 0 Å². The van der Waals surface area contributed by atoms with Crippen molar-refractivity contribution in [2.75, 3.05) is 13.1 Å². The molecule has 2 nitrogen and oxygen atoms in total. The van der Waals surface area contributed by atoms with Crippen molar-refractivity contribution in [2.45, 2.75) is 32.4 Å². The van der Waals surface area contributed by atoms with E-state index < -0.39 is 0 Å². The first-order valence-electron chi connectivity index (χ1n) is 5.81. The number of halogens is 1. The van der Waals surface area contributed by atoms with E-state index in [9.17, 15) is 5.11 Å². The maximum atomic E-state index is 9.62. The van der Waals surface area contributed by atoms with E-state index in [0.717, 1.165) is 37.5 Å². The van der Waals surface area contributed by atoms with Crippen molar-refractivity contribution in [2.24, 2.45) is 0 Å². The second kappa shape index (κ2) is 5.17. The number of benzene rings is 1. The van der Waals surface area contributed by atoms with Crippen LogP contribution < -0.4 is 0 Å². The topological polar surface area (TPSA) is 23.5 Å². The lowest BCUT2D eigenvalue weighted by Gasteiger charge is -2.30. The molecule has 0 spiro atoms. The Balaban J connectivity index is 2.08. The lowest BCUT2D eigenvalue weighted by Crippen LogP contribution is -2.37. The SMILES string of the molecule is Cc1cccc(Cl)c1CN1CCCC(O)C1. The zero-order valence-corrected chi connectivity index (χ0v) is 10.4. The van der Waals surface area contributed by atoms with E-state index in [0.29, 0.717) is 0 Å². The number of hydrogen-bond donors (Lipinski definition) is 1. The molecular weight excluding hydrogens is 222 g/mol. The molecule has 1 aromatic rings. The number of aliphatic hydroxyl groups excluding tert-OH is 1. The quantitative estimate of drug-likeness (QED) is 0.858. The zero-order chi connectivity index (χ0) is 11.5. The van der Waals surface area contributed by atoms with Gasteiger partial charge in [-0.1, -0.05) is 23.7 Å². The minimum Gasteiger partial charge on any atom is -0.392 e. The van der Waals surface area contributed by atoms with Gasteiger partial charge in [-0.05, 0) is 43.5 Å². The summed E-state index contributed by atoms with van der Waals surface area (Å²) in [7, 11) is 0. The first-order valence-corrected chi connectivity index (χ1v) is 6.19. The maximum absolute atomic E-state index is 9.62. The molecule has 1 aromatic carbocycles. The number of piperidine rings is 1. The van der Waals surface area contributed by atoms with Gasteiger partial charge in [0.15, 0.2) is 0 Å². The van der Waals surface area contributed by atoms with Gasteiger partial charge in [-0.15, -0.1) is 0 Å². The van der Waals surface area contributed by atoms with Crippen LogP contribution in [0.15, 0.2) is 18.2 Å². The fourth-order valence-electron chi connectivity index (χ4n) is 2.27. The minimum atomic E-state index is -0.170. The van der Waals surface area contributed by atoms with Crippen LogP contribution in [-0.2, 0) is 6.54 Å². The normalized spacial score (nSPS) is 22.3. The Morgan fingerprint density at radius 1 is 1.50 bits per heavy atom. The molecule has 0 saturated carbocycles. The first kappa shape index (κ1) is 11.9. The fraction of sp³-hybridized carbons (Fsp3) is 0.538. The molecular formula is C13H18ClNO. The zero-order valence-electron chi connectivity index (χ0n) is 9.62. The summed E-state index contributed by atoms with van der Waals surface area (Å²) in [6, 6.07) is 6.00. The molecule has 1 unspecified atom stereocenters. The van der Waals surface area contributed by atoms with Crippen LogP contribution in [0.4, 0.5) is 0 Å². The number of nitrogens with zero attached hydrogens (tertiary/aromatic N) is 1. The smallest absolute Gasteiger partial charge is 0.0667 e. The van der Waals surface area contributed by atoms with Crippen LogP contribution in [0.2, 0.25) is 5.02 Å². The summed E-state index contributed by atoms with van der Waals surface area (Å²) in [5.74, 6) is 0. The van der Waals surface area contributed by atoms with Gasteiger partial charge in [0.05, 0.1) is 6.10 Å². The van der Waals surface area contributed by atoms with Crippen LogP contribution in [0.1, 0.15) is 24.0 Å². The fourth-order valence-corrected chi connectivity index (χ4v) is 2.55. The summed E-state index contributed by atoms with van der Waals surface area (Å²) in [5.41, 5.74) is 2.42. The van der Waals surface area contributed by atoms with Gasteiger partial charge in [0.1, 0.15) is 0 Å². The largest absolute Gasteiger partial charge is 0.392 e. The van der Waals surface area contributed by atoms with E-state index in [1.54, 1.807) is 0 Å². The Morgan fingerprint density at radius 2 is 2.31 bits per heavy atom. The molecule has 3 heteroatoms. The van der Waals surface area contributed by atoms with Gasteiger partial charge < -0.3 is 5.11 Å². The predicted octanol–water partition coefficient (Wildman–Crippen LogP) is 2.61. The summed E-state index contributed by atoms with van der Waals surface area (Å²) in [6.07, 6.45) is 1.83. The molecule has 0 aromatic heterocycles. The molecule has 2 rings (SSSR count). The van der Waals surface area contributed by atoms with Crippen molar-refractivity contribution in [1.82, 2.24) is 4.90 Å². The lowest BCUT2D eigenvalue weighted by atomic mass is 10.0. The van der Waals surface area contributed by atoms with Crippen LogP contribution in [0, 0.1) is 6.92 Å². The van der Waals surface area contributed by atoms with Crippen LogP contribution >= 0.6 is 11.6 Å². The molecule has 0 amide bonds. The van der Waals surface area contributed by atoms with Crippen molar-refractivity contribution in [3.05, 3.63) is 34.3 Å². The van der Waals surface area contributed by atoms with Gasteiger partial charge in [-0.2, -0.15) is 0 Å². The van der Waals surface area contributed by atoms with E-state index in [1.165, 1.54) is 11.1 Å². The van der Waals surface area contributed by atoms with E-state index in [2.05, 4.69) is 17.9 Å². The maximum Gasteiger partial charge on any atom is 0.0667 e. The molecule has 1 atom stereocenters. The molecule has 1 N–H and O–H groups in total. The Kier molecular flexibility index (Phi) is 3.85. The van der Waals surface area contributed by atoms with Crippen LogP contribution in [0.5, 0.6) is 0 Å². The number of aryl methyl sites for hydroxylation is 1. The number of likely N-dealkylation sites (tertiary alicyclic amines) is 1. The molecule has 0 bridgehead atoms. The van der Waals surface area contributed by atoms with Crippen LogP contribution in [-0.4, -0.2) is 29.2 Å². The summed E-state index contributed by atoms with van der Waals surface area (Å²) in [5, 5.41) is 10.5. The summed E-state index contributed by atoms with van der Waals surface area (Å²) < 4.78 is 0. The average Bonchev–Trinajstić information content (AvgIpc) is 2.24. The van der Waals surface area contributed by atoms with Crippen molar-refractivity contribution in [1.29, 1.82) is 0 Å². The molecule has 1 aliphatic heterocycles. The molecule has 1 saturated heterocycles. The third-order valence-electron chi connectivity index (χ3n) is 3.22. The van der Waals surface area contributed by atoms with Gasteiger partial charge in [-0.25, -0.2) is 0 Å². The third-order valence-corrected chi connectivity index (χ3v) is 3.57. The predicted molar refractivity (Wildman–Crippen MR) is 66.7 cm³/mol. The van der Waals surface area contributed by atoms with Gasteiger partial charge in [0.25, 0.3) is 0 Å². The van der Waals surface area contributed by atoms with Crippen molar-refractivity contribution < 1.29 is 5.11 Å². The van der Waals surface area contributed by atoms with Gasteiger partial charge in [0, 0.05) is 18.1 Å². The van der Waals surface area contributed by atoms with Crippen molar-refractivity contribution in [3.63, 3.8) is 0 Å². The summed E-state index contributed by atoms with van der Waals surface area (Å²) in [6.45, 7) is 4.76.